The van der Waals surface area contributed by atoms with Gasteiger partial charge in [-0.15, -0.1) is 0 Å². The van der Waals surface area contributed by atoms with Crippen LogP contribution in [0.25, 0.3) is 0 Å². The third-order valence-corrected chi connectivity index (χ3v) is 1.36. The van der Waals surface area contributed by atoms with Gasteiger partial charge in [0.2, 0.25) is 0 Å². The molecular weight excluding hydrogens is 138 g/mol. The molecule has 1 aromatic rings. The van der Waals surface area contributed by atoms with Crippen molar-refractivity contribution in [1.82, 2.24) is 0 Å². The first-order chi connectivity index (χ1) is 4.22. The Labute approximate surface area is 57.9 Å². The highest BCUT2D eigenvalue weighted by Crippen LogP contribution is 2.26. The monoisotopic (exact) mass is 143 g/mol. The smallest absolute Gasteiger partial charge is 0.140 e. The van der Waals surface area contributed by atoms with Crippen molar-refractivity contribution < 1.29 is 5.11 Å². The SMILES string of the molecule is Nc1c(O)cccc1Cl. The quantitative estimate of drug-likeness (QED) is 0.428. The predicted molar refractivity (Wildman–Crippen MR) is 37.5 cm³/mol. The maximum absolute atomic E-state index is 8.89. The van der Waals surface area contributed by atoms with Crippen LogP contribution >= 0.6 is 11.6 Å². The van der Waals surface area contributed by atoms with E-state index in [1.165, 1.54) is 6.07 Å². The molecule has 3 heteroatoms. The molecule has 48 valence electrons. The Kier molecular flexibility index (Phi) is 1.49. The molecule has 0 heterocycles. The van der Waals surface area contributed by atoms with Crippen LogP contribution in [0.1, 0.15) is 0 Å². The van der Waals surface area contributed by atoms with Crippen LogP contribution in [0.4, 0.5) is 5.69 Å². The van der Waals surface area contributed by atoms with Crippen molar-refractivity contribution in [3.05, 3.63) is 23.2 Å². The lowest BCUT2D eigenvalue weighted by atomic mass is 10.3. The van der Waals surface area contributed by atoms with Crippen LogP contribution in [0.2, 0.25) is 5.02 Å². The summed E-state index contributed by atoms with van der Waals surface area (Å²) in [5.74, 6) is 0.0301. The zero-order valence-corrected chi connectivity index (χ0v) is 5.39. The van der Waals surface area contributed by atoms with Crippen LogP contribution in [0.5, 0.6) is 5.75 Å². The van der Waals surface area contributed by atoms with E-state index in [9.17, 15) is 0 Å². The van der Waals surface area contributed by atoms with Gasteiger partial charge in [-0.2, -0.15) is 0 Å². The molecule has 9 heavy (non-hydrogen) atoms. The topological polar surface area (TPSA) is 46.2 Å². The van der Waals surface area contributed by atoms with Crippen molar-refractivity contribution in [3.8, 4) is 5.75 Å². The van der Waals surface area contributed by atoms with Crippen molar-refractivity contribution >= 4 is 17.3 Å². The number of halogens is 1. The number of para-hydroxylation sites is 1. The van der Waals surface area contributed by atoms with Gasteiger partial charge in [0.1, 0.15) is 5.75 Å². The summed E-state index contributed by atoms with van der Waals surface area (Å²) in [4.78, 5) is 0. The Hall–Kier alpha value is -0.890. The summed E-state index contributed by atoms with van der Waals surface area (Å²) < 4.78 is 0. The van der Waals surface area contributed by atoms with Crippen LogP contribution in [0.15, 0.2) is 18.2 Å². The number of benzene rings is 1. The number of rotatable bonds is 0. The summed E-state index contributed by atoms with van der Waals surface area (Å²) in [7, 11) is 0. The molecule has 0 unspecified atom stereocenters. The molecule has 1 aromatic carbocycles. The molecule has 0 bridgehead atoms. The summed E-state index contributed by atoms with van der Waals surface area (Å²) in [5.41, 5.74) is 5.54. The van der Waals surface area contributed by atoms with Crippen molar-refractivity contribution in [2.75, 3.05) is 5.73 Å². The second-order valence-corrected chi connectivity index (χ2v) is 2.08. The Morgan fingerprint density at radius 2 is 2.11 bits per heavy atom. The fourth-order valence-corrected chi connectivity index (χ4v) is 0.695. The Bertz CT molecular complexity index is 204. The highest BCUT2D eigenvalue weighted by molar-refractivity contribution is 6.33. The molecule has 0 atom stereocenters. The average molecular weight is 144 g/mol. The first-order valence-electron chi connectivity index (χ1n) is 2.45. The molecule has 1 rings (SSSR count). The van der Waals surface area contributed by atoms with Crippen molar-refractivity contribution in [1.29, 1.82) is 0 Å². The molecule has 0 aliphatic heterocycles. The van der Waals surface area contributed by atoms with Crippen LogP contribution in [0.3, 0.4) is 0 Å². The molecule has 0 aliphatic rings. The molecular formula is C6H6ClNO. The van der Waals surface area contributed by atoms with Gasteiger partial charge < -0.3 is 10.8 Å². The normalized spacial score (nSPS) is 9.44. The summed E-state index contributed by atoms with van der Waals surface area (Å²) in [5, 5.41) is 9.27. The number of hydrogen-bond acceptors (Lipinski definition) is 2. The lowest BCUT2D eigenvalue weighted by Crippen LogP contribution is -1.85. The van der Waals surface area contributed by atoms with Crippen LogP contribution in [-0.2, 0) is 0 Å². The van der Waals surface area contributed by atoms with E-state index in [0.29, 0.717) is 5.02 Å². The number of aromatic hydroxyl groups is 1. The highest BCUT2D eigenvalue weighted by atomic mass is 35.5. The molecule has 3 N–H and O–H groups in total. The minimum absolute atomic E-state index is 0.0301. The fourth-order valence-electron chi connectivity index (χ4n) is 0.526. The number of anilines is 1. The summed E-state index contributed by atoms with van der Waals surface area (Å²) >= 11 is 5.53. The zero-order valence-electron chi connectivity index (χ0n) is 4.63. The third kappa shape index (κ3) is 1.08. The van der Waals surface area contributed by atoms with Gasteiger partial charge in [-0.05, 0) is 12.1 Å². The molecule has 0 radical (unpaired) electrons. The van der Waals surface area contributed by atoms with E-state index in [2.05, 4.69) is 0 Å². The van der Waals surface area contributed by atoms with Gasteiger partial charge >= 0.3 is 0 Å². The second kappa shape index (κ2) is 2.15. The molecule has 2 nitrogen and oxygen atoms in total. The van der Waals surface area contributed by atoms with Gasteiger partial charge in [-0.3, -0.25) is 0 Å². The third-order valence-electron chi connectivity index (χ3n) is 1.03. The van der Waals surface area contributed by atoms with E-state index in [1.54, 1.807) is 12.1 Å². The minimum atomic E-state index is 0.0301. The maximum Gasteiger partial charge on any atom is 0.140 e. The van der Waals surface area contributed by atoms with Gasteiger partial charge in [0.05, 0.1) is 10.7 Å². The van der Waals surface area contributed by atoms with E-state index in [4.69, 9.17) is 22.4 Å². The second-order valence-electron chi connectivity index (χ2n) is 1.67. The van der Waals surface area contributed by atoms with Gasteiger partial charge in [-0.1, -0.05) is 17.7 Å². The number of nitrogens with two attached hydrogens (primary N) is 1. The maximum atomic E-state index is 8.89. The van der Waals surface area contributed by atoms with E-state index in [0.717, 1.165) is 0 Å². The molecule has 0 aromatic heterocycles. The Morgan fingerprint density at radius 3 is 2.56 bits per heavy atom. The molecule has 0 saturated carbocycles. The Balaban J connectivity index is 3.25. The van der Waals surface area contributed by atoms with Gasteiger partial charge in [0, 0.05) is 0 Å². The highest BCUT2D eigenvalue weighted by Gasteiger charge is 1.97. The van der Waals surface area contributed by atoms with Gasteiger partial charge in [-0.25, -0.2) is 0 Å². The lowest BCUT2D eigenvalue weighted by molar-refractivity contribution is 0.478. The first kappa shape index (κ1) is 6.23. The van der Waals surface area contributed by atoms with Crippen molar-refractivity contribution in [3.63, 3.8) is 0 Å². The van der Waals surface area contributed by atoms with E-state index in [1.807, 2.05) is 0 Å². The van der Waals surface area contributed by atoms with E-state index in [-0.39, 0.29) is 11.4 Å². The van der Waals surface area contributed by atoms with E-state index >= 15 is 0 Å². The summed E-state index contributed by atoms with van der Waals surface area (Å²) in [6, 6.07) is 4.74. The van der Waals surface area contributed by atoms with Gasteiger partial charge in [0.15, 0.2) is 0 Å². The first-order valence-corrected chi connectivity index (χ1v) is 2.82. The standard InChI is InChI=1S/C6H6ClNO/c7-4-2-1-3-5(9)6(4)8/h1-3,9H,8H2. The van der Waals surface area contributed by atoms with Crippen molar-refractivity contribution in [2.24, 2.45) is 0 Å². The molecule has 0 saturated heterocycles. The number of nitrogen functional groups attached to an aromatic ring is 1. The summed E-state index contributed by atoms with van der Waals surface area (Å²) in [6.07, 6.45) is 0. The lowest BCUT2D eigenvalue weighted by Gasteiger charge is -1.97. The fraction of sp³-hybridized carbons (Fsp3) is 0. The van der Waals surface area contributed by atoms with E-state index < -0.39 is 0 Å². The Morgan fingerprint density at radius 1 is 1.44 bits per heavy atom. The number of phenolic OH excluding ortho intramolecular Hbond substituents is 1. The molecule has 0 spiro atoms. The molecule has 0 aliphatic carbocycles. The summed E-state index contributed by atoms with van der Waals surface area (Å²) in [6.45, 7) is 0. The zero-order chi connectivity index (χ0) is 6.85. The minimum Gasteiger partial charge on any atom is -0.506 e. The predicted octanol–water partition coefficient (Wildman–Crippen LogP) is 1.63. The number of hydrogen-bond donors (Lipinski definition) is 2. The van der Waals surface area contributed by atoms with Crippen LogP contribution in [0, 0.1) is 0 Å². The molecule has 0 fully saturated rings. The average Bonchev–Trinajstić information content (AvgIpc) is 1.83. The van der Waals surface area contributed by atoms with Crippen molar-refractivity contribution in [2.45, 2.75) is 0 Å². The van der Waals surface area contributed by atoms with Gasteiger partial charge in [0.25, 0.3) is 0 Å². The largest absolute Gasteiger partial charge is 0.506 e. The van der Waals surface area contributed by atoms with Crippen LogP contribution < -0.4 is 5.73 Å². The molecule has 0 amide bonds. The van der Waals surface area contributed by atoms with Crippen LogP contribution in [-0.4, -0.2) is 5.11 Å². The number of phenols is 1.